The Labute approximate surface area is 149 Å². The monoisotopic (exact) mass is 385 g/mol. The van der Waals surface area contributed by atoms with Crippen molar-refractivity contribution in [2.45, 2.75) is 6.18 Å². The van der Waals surface area contributed by atoms with Gasteiger partial charge in [0.1, 0.15) is 0 Å². The minimum Gasteiger partial charge on any atom is -0.478 e. The average Bonchev–Trinajstić information content (AvgIpc) is 2.54. The Balaban J connectivity index is 2.42. The van der Waals surface area contributed by atoms with Crippen molar-refractivity contribution in [1.82, 2.24) is 4.98 Å². The fourth-order valence-electron chi connectivity index (χ4n) is 2.49. The predicted octanol–water partition coefficient (Wildman–Crippen LogP) is 5.93. The molecule has 0 aliphatic rings. The summed E-state index contributed by atoms with van der Waals surface area (Å²) in [4.78, 5) is 15.6. The molecule has 0 saturated heterocycles. The van der Waals surface area contributed by atoms with Crippen LogP contribution in [0.5, 0.6) is 0 Å². The van der Waals surface area contributed by atoms with Crippen molar-refractivity contribution < 1.29 is 23.1 Å². The highest BCUT2D eigenvalue weighted by atomic mass is 35.5. The molecule has 25 heavy (non-hydrogen) atoms. The number of para-hydroxylation sites is 1. The third-order valence-corrected chi connectivity index (χ3v) is 4.14. The van der Waals surface area contributed by atoms with Crippen LogP contribution in [0.15, 0.2) is 42.5 Å². The third-order valence-electron chi connectivity index (χ3n) is 3.58. The number of halogens is 5. The van der Waals surface area contributed by atoms with Crippen molar-refractivity contribution in [3.05, 3.63) is 63.6 Å². The lowest BCUT2D eigenvalue weighted by molar-refractivity contribution is -0.136. The van der Waals surface area contributed by atoms with E-state index in [9.17, 15) is 23.1 Å². The van der Waals surface area contributed by atoms with E-state index in [0.29, 0.717) is 5.02 Å². The molecule has 0 aliphatic carbocycles. The summed E-state index contributed by atoms with van der Waals surface area (Å²) in [7, 11) is 0. The molecule has 128 valence electrons. The third kappa shape index (κ3) is 3.27. The number of aromatic nitrogens is 1. The number of aromatic carboxylic acids is 1. The Kier molecular flexibility index (Phi) is 4.34. The highest BCUT2D eigenvalue weighted by Gasteiger charge is 2.34. The van der Waals surface area contributed by atoms with Gasteiger partial charge in [-0.1, -0.05) is 35.3 Å². The number of pyridine rings is 1. The number of alkyl halides is 3. The molecule has 3 nitrogen and oxygen atoms in total. The minimum atomic E-state index is -4.68. The van der Waals surface area contributed by atoms with Gasteiger partial charge >= 0.3 is 12.1 Å². The van der Waals surface area contributed by atoms with Gasteiger partial charge in [0.15, 0.2) is 0 Å². The number of nitrogens with zero attached hydrogens (tertiary/aromatic N) is 1. The maximum atomic E-state index is 13.3. The van der Waals surface area contributed by atoms with Crippen molar-refractivity contribution in [3.63, 3.8) is 0 Å². The Morgan fingerprint density at radius 3 is 2.44 bits per heavy atom. The van der Waals surface area contributed by atoms with Crippen molar-refractivity contribution in [1.29, 1.82) is 0 Å². The van der Waals surface area contributed by atoms with E-state index in [2.05, 4.69) is 4.98 Å². The Bertz CT molecular complexity index is 1000. The first kappa shape index (κ1) is 17.5. The minimum absolute atomic E-state index is 0.00546. The molecule has 3 rings (SSSR count). The molecule has 1 aromatic heterocycles. The van der Waals surface area contributed by atoms with E-state index >= 15 is 0 Å². The second-order valence-electron chi connectivity index (χ2n) is 5.18. The van der Waals surface area contributed by atoms with Crippen LogP contribution in [0.2, 0.25) is 10.0 Å². The number of rotatable bonds is 2. The molecular weight excluding hydrogens is 378 g/mol. The zero-order valence-electron chi connectivity index (χ0n) is 12.2. The van der Waals surface area contributed by atoms with Gasteiger partial charge in [-0.3, -0.25) is 0 Å². The van der Waals surface area contributed by atoms with Crippen molar-refractivity contribution >= 4 is 40.1 Å². The topological polar surface area (TPSA) is 50.2 Å². The zero-order valence-corrected chi connectivity index (χ0v) is 13.7. The molecule has 0 unspecified atom stereocenters. The Hall–Kier alpha value is -2.31. The van der Waals surface area contributed by atoms with Gasteiger partial charge in [-0.25, -0.2) is 9.78 Å². The number of carboxylic acid groups (broad SMARTS) is 1. The summed E-state index contributed by atoms with van der Waals surface area (Å²) < 4.78 is 39.9. The van der Waals surface area contributed by atoms with Crippen LogP contribution in [0.3, 0.4) is 0 Å². The largest absolute Gasteiger partial charge is 0.478 e. The molecule has 1 N–H and O–H groups in total. The molecule has 1 heterocycles. The van der Waals surface area contributed by atoms with Gasteiger partial charge in [-0.2, -0.15) is 13.2 Å². The second kappa shape index (κ2) is 6.20. The van der Waals surface area contributed by atoms with Gasteiger partial charge in [-0.15, -0.1) is 0 Å². The lowest BCUT2D eigenvalue weighted by atomic mass is 10.0. The summed E-state index contributed by atoms with van der Waals surface area (Å²) in [6.45, 7) is 0. The number of benzene rings is 2. The van der Waals surface area contributed by atoms with Gasteiger partial charge in [-0.05, 0) is 30.3 Å². The lowest BCUT2D eigenvalue weighted by Gasteiger charge is -2.13. The van der Waals surface area contributed by atoms with Crippen LogP contribution in [-0.4, -0.2) is 16.1 Å². The smallest absolute Gasteiger partial charge is 0.418 e. The number of hydrogen-bond acceptors (Lipinski definition) is 2. The lowest BCUT2D eigenvalue weighted by Crippen LogP contribution is -2.09. The average molecular weight is 386 g/mol. The van der Waals surface area contributed by atoms with E-state index in [0.717, 1.165) is 12.1 Å². The predicted molar refractivity (Wildman–Crippen MR) is 89.2 cm³/mol. The summed E-state index contributed by atoms with van der Waals surface area (Å²) >= 11 is 12.0. The van der Waals surface area contributed by atoms with Gasteiger partial charge in [0.05, 0.1) is 27.4 Å². The number of carboxylic acids is 1. The first-order valence-electron chi connectivity index (χ1n) is 6.88. The van der Waals surface area contributed by atoms with E-state index in [1.807, 2.05) is 0 Å². The van der Waals surface area contributed by atoms with Crippen molar-refractivity contribution in [3.8, 4) is 11.3 Å². The molecule has 8 heteroatoms. The molecule has 3 aromatic rings. The molecule has 0 fully saturated rings. The maximum absolute atomic E-state index is 13.3. The zero-order chi connectivity index (χ0) is 18.4. The Morgan fingerprint density at radius 2 is 1.80 bits per heavy atom. The van der Waals surface area contributed by atoms with Crippen LogP contribution in [0.4, 0.5) is 13.2 Å². The molecule has 0 saturated carbocycles. The molecule has 0 atom stereocenters. The molecular formula is C17H8Cl2F3NO2. The van der Waals surface area contributed by atoms with Crippen LogP contribution < -0.4 is 0 Å². The van der Waals surface area contributed by atoms with E-state index < -0.39 is 23.2 Å². The van der Waals surface area contributed by atoms with Gasteiger partial charge in [0, 0.05) is 16.0 Å². The quantitative estimate of drug-likeness (QED) is 0.594. The maximum Gasteiger partial charge on any atom is 0.418 e. The number of carbonyl (C=O) groups is 1. The molecule has 0 bridgehead atoms. The first-order chi connectivity index (χ1) is 11.7. The number of hydrogen-bond donors (Lipinski definition) is 1. The van der Waals surface area contributed by atoms with Crippen LogP contribution >= 0.6 is 23.2 Å². The molecule has 0 amide bonds. The molecule has 0 aliphatic heterocycles. The van der Waals surface area contributed by atoms with E-state index in [4.69, 9.17) is 23.2 Å². The summed E-state index contributed by atoms with van der Waals surface area (Å²) in [6.07, 6.45) is -4.68. The molecule has 2 aromatic carbocycles. The fourth-order valence-corrected chi connectivity index (χ4v) is 2.87. The van der Waals surface area contributed by atoms with Gasteiger partial charge in [0.2, 0.25) is 0 Å². The van der Waals surface area contributed by atoms with Crippen LogP contribution in [0.25, 0.3) is 22.2 Å². The van der Waals surface area contributed by atoms with Crippen LogP contribution in [-0.2, 0) is 6.18 Å². The second-order valence-corrected chi connectivity index (χ2v) is 6.03. The molecule has 0 spiro atoms. The normalized spacial score (nSPS) is 11.7. The van der Waals surface area contributed by atoms with E-state index in [1.165, 1.54) is 30.3 Å². The van der Waals surface area contributed by atoms with Crippen LogP contribution in [0.1, 0.15) is 15.9 Å². The van der Waals surface area contributed by atoms with Crippen LogP contribution in [0, 0.1) is 0 Å². The standard InChI is InChI=1S/C17H8Cl2F3NO2/c18-8-4-5-13(19)11(6-8)14-7-10(16(24)25)9-2-1-3-12(15(9)23-14)17(20,21)22/h1-7H,(H,24,25). The highest BCUT2D eigenvalue weighted by Crippen LogP contribution is 2.37. The van der Waals surface area contributed by atoms with Gasteiger partial charge < -0.3 is 5.11 Å². The Morgan fingerprint density at radius 1 is 1.08 bits per heavy atom. The highest BCUT2D eigenvalue weighted by molar-refractivity contribution is 6.35. The van der Waals surface area contributed by atoms with Gasteiger partial charge in [0.25, 0.3) is 0 Å². The summed E-state index contributed by atoms with van der Waals surface area (Å²) in [5, 5.41) is 9.78. The van der Waals surface area contributed by atoms with Crippen molar-refractivity contribution in [2.75, 3.05) is 0 Å². The summed E-state index contributed by atoms with van der Waals surface area (Å²) in [6, 6.07) is 8.84. The fraction of sp³-hybridized carbons (Fsp3) is 0.0588. The number of fused-ring (bicyclic) bond motifs is 1. The molecule has 0 radical (unpaired) electrons. The van der Waals surface area contributed by atoms with Crippen molar-refractivity contribution in [2.24, 2.45) is 0 Å². The first-order valence-corrected chi connectivity index (χ1v) is 7.64. The summed E-state index contributed by atoms with van der Waals surface area (Å²) in [5.41, 5.74) is -1.54. The van der Waals surface area contributed by atoms with E-state index in [1.54, 1.807) is 0 Å². The van der Waals surface area contributed by atoms with E-state index in [-0.39, 0.29) is 27.2 Å². The SMILES string of the molecule is O=C(O)c1cc(-c2cc(Cl)ccc2Cl)nc2c(C(F)(F)F)cccc12. The summed E-state index contributed by atoms with van der Waals surface area (Å²) in [5.74, 6) is -1.37.